The summed E-state index contributed by atoms with van der Waals surface area (Å²) in [7, 11) is 1.33. The van der Waals surface area contributed by atoms with Gasteiger partial charge in [-0.2, -0.15) is 0 Å². The van der Waals surface area contributed by atoms with E-state index < -0.39 is 0 Å². The van der Waals surface area contributed by atoms with Crippen molar-refractivity contribution in [2.45, 2.75) is 45.3 Å². The summed E-state index contributed by atoms with van der Waals surface area (Å²) in [6.45, 7) is 11.9. The van der Waals surface area contributed by atoms with Crippen molar-refractivity contribution in [1.29, 1.82) is 0 Å². The van der Waals surface area contributed by atoms with Crippen LogP contribution in [-0.4, -0.2) is 44.8 Å². The van der Waals surface area contributed by atoms with Crippen LogP contribution in [0.25, 0.3) is 0 Å². The fraction of sp³-hybridized carbons (Fsp3) is 0.625. The quantitative estimate of drug-likeness (QED) is 0.315. The van der Waals surface area contributed by atoms with E-state index in [0.717, 1.165) is 17.4 Å². The first kappa shape index (κ1) is 19.5. The number of carbonyl (C=O) groups excluding carboxylic acids is 2. The van der Waals surface area contributed by atoms with Crippen molar-refractivity contribution in [3.8, 4) is 0 Å². The zero-order valence-corrected chi connectivity index (χ0v) is 13.2. The predicted molar refractivity (Wildman–Crippen MR) is 81.0 cm³/mol. The Labute approximate surface area is 126 Å². The summed E-state index contributed by atoms with van der Waals surface area (Å²) in [5.41, 5.74) is 1.73. The average molecular weight is 298 g/mol. The van der Waals surface area contributed by atoms with Crippen LogP contribution in [-0.2, 0) is 23.8 Å². The molecule has 0 N–H and O–H groups in total. The van der Waals surface area contributed by atoms with E-state index in [1.165, 1.54) is 7.11 Å². The lowest BCUT2D eigenvalue weighted by atomic mass is 10.1. The molecule has 0 rings (SSSR count). The van der Waals surface area contributed by atoms with Crippen LogP contribution in [0.2, 0.25) is 0 Å². The molecule has 0 heterocycles. The maximum Gasteiger partial charge on any atom is 0.308 e. The second-order valence-corrected chi connectivity index (χ2v) is 5.20. The monoisotopic (exact) mass is 298 g/mol. The van der Waals surface area contributed by atoms with E-state index in [9.17, 15) is 9.59 Å². The van der Waals surface area contributed by atoms with Gasteiger partial charge in [0, 0.05) is 12.8 Å². The van der Waals surface area contributed by atoms with Crippen LogP contribution in [0, 0.1) is 0 Å². The lowest BCUT2D eigenvalue weighted by molar-refractivity contribution is -0.144. The van der Waals surface area contributed by atoms with Crippen molar-refractivity contribution in [1.82, 2.24) is 0 Å². The number of methoxy groups -OCH3 is 1. The number of ether oxygens (including phenoxy) is 3. The van der Waals surface area contributed by atoms with Crippen molar-refractivity contribution >= 4 is 12.3 Å². The maximum atomic E-state index is 11.4. The van der Waals surface area contributed by atoms with Gasteiger partial charge in [-0.3, -0.25) is 4.79 Å². The molecule has 120 valence electrons. The van der Waals surface area contributed by atoms with Gasteiger partial charge in [-0.1, -0.05) is 24.3 Å². The Hall–Kier alpha value is -1.46. The predicted octanol–water partition coefficient (Wildman–Crippen LogP) is 2.45. The van der Waals surface area contributed by atoms with E-state index in [4.69, 9.17) is 9.47 Å². The molecule has 0 aromatic heterocycles. The summed E-state index contributed by atoms with van der Waals surface area (Å²) < 4.78 is 15.9. The van der Waals surface area contributed by atoms with Crippen LogP contribution in [0.5, 0.6) is 0 Å². The molecule has 2 unspecified atom stereocenters. The molecule has 2 atom stereocenters. The molecule has 0 aliphatic carbocycles. The molecule has 21 heavy (non-hydrogen) atoms. The first-order valence-corrected chi connectivity index (χ1v) is 6.91. The fourth-order valence-electron chi connectivity index (χ4n) is 1.63. The van der Waals surface area contributed by atoms with Gasteiger partial charge >= 0.3 is 5.97 Å². The summed E-state index contributed by atoms with van der Waals surface area (Å²) in [6.07, 6.45) is 0.936. The Morgan fingerprint density at radius 3 is 2.05 bits per heavy atom. The summed E-state index contributed by atoms with van der Waals surface area (Å²) >= 11 is 0. The fourth-order valence-corrected chi connectivity index (χ4v) is 1.63. The molecule has 0 saturated heterocycles. The van der Waals surface area contributed by atoms with Crippen molar-refractivity contribution in [2.24, 2.45) is 0 Å². The molecule has 0 bridgehead atoms. The maximum absolute atomic E-state index is 11.4. The highest BCUT2D eigenvalue weighted by Gasteiger charge is 2.21. The molecule has 0 spiro atoms. The highest BCUT2D eigenvalue weighted by molar-refractivity contribution is 5.69. The van der Waals surface area contributed by atoms with Gasteiger partial charge in [0.1, 0.15) is 6.29 Å². The molecule has 0 aliphatic heterocycles. The van der Waals surface area contributed by atoms with Gasteiger partial charge in [0.25, 0.3) is 0 Å². The second-order valence-electron chi connectivity index (χ2n) is 5.20. The largest absolute Gasteiger partial charge is 0.469 e. The Kier molecular flexibility index (Phi) is 10.4. The minimum Gasteiger partial charge on any atom is -0.469 e. The summed E-state index contributed by atoms with van der Waals surface area (Å²) in [6, 6.07) is 0. The molecule has 0 aromatic rings. The molecule has 0 radical (unpaired) electrons. The average Bonchev–Trinajstić information content (AvgIpc) is 2.41. The highest BCUT2D eigenvalue weighted by Crippen LogP contribution is 2.15. The molecule has 0 aliphatic rings. The molecule has 0 aromatic carbocycles. The van der Waals surface area contributed by atoms with Crippen molar-refractivity contribution in [2.75, 3.05) is 20.3 Å². The van der Waals surface area contributed by atoms with Crippen LogP contribution < -0.4 is 0 Å². The van der Waals surface area contributed by atoms with Crippen molar-refractivity contribution in [3.05, 3.63) is 24.3 Å². The molecule has 5 heteroatoms. The normalized spacial score (nSPS) is 13.3. The topological polar surface area (TPSA) is 61.8 Å². The van der Waals surface area contributed by atoms with Crippen LogP contribution in [0.1, 0.15) is 33.1 Å². The third-order valence-electron chi connectivity index (χ3n) is 2.64. The number of hydrogen-bond acceptors (Lipinski definition) is 5. The standard InChI is InChI=1S/C16H26O5/c1-12(2)10-20-14(6-7-17)8-15(9-16(18)19-5)21-11-13(3)4/h7,14-15H,1,3,6,8-11H2,2,4-5H3. The Bertz CT molecular complexity index is 362. The van der Waals surface area contributed by atoms with E-state index in [0.29, 0.717) is 19.6 Å². The minimum absolute atomic E-state index is 0.121. The highest BCUT2D eigenvalue weighted by atomic mass is 16.5. The first-order chi connectivity index (χ1) is 9.88. The third-order valence-corrected chi connectivity index (χ3v) is 2.64. The van der Waals surface area contributed by atoms with Gasteiger partial charge in [-0.05, 0) is 13.8 Å². The van der Waals surface area contributed by atoms with Gasteiger partial charge in [-0.15, -0.1) is 0 Å². The molecular weight excluding hydrogens is 272 g/mol. The lowest BCUT2D eigenvalue weighted by Gasteiger charge is -2.22. The van der Waals surface area contributed by atoms with Crippen LogP contribution in [0.3, 0.4) is 0 Å². The SMILES string of the molecule is C=C(C)COC(CC=O)CC(CC(=O)OC)OCC(=C)C. The lowest BCUT2D eigenvalue weighted by Crippen LogP contribution is -2.27. The smallest absolute Gasteiger partial charge is 0.308 e. The van der Waals surface area contributed by atoms with Gasteiger partial charge in [0.2, 0.25) is 0 Å². The van der Waals surface area contributed by atoms with Gasteiger partial charge < -0.3 is 19.0 Å². The Balaban J connectivity index is 4.59. The van der Waals surface area contributed by atoms with E-state index in [1.807, 2.05) is 13.8 Å². The number of carbonyl (C=O) groups is 2. The second kappa shape index (κ2) is 11.2. The van der Waals surface area contributed by atoms with E-state index in [1.54, 1.807) is 0 Å². The van der Waals surface area contributed by atoms with Crippen molar-refractivity contribution in [3.63, 3.8) is 0 Å². The van der Waals surface area contributed by atoms with Gasteiger partial charge in [-0.25, -0.2) is 0 Å². The van der Waals surface area contributed by atoms with Crippen molar-refractivity contribution < 1.29 is 23.8 Å². The molecular formula is C16H26O5. The summed E-state index contributed by atoms with van der Waals surface area (Å²) in [4.78, 5) is 22.2. The molecule has 5 nitrogen and oxygen atoms in total. The van der Waals surface area contributed by atoms with Gasteiger partial charge in [0.15, 0.2) is 0 Å². The number of hydrogen-bond donors (Lipinski definition) is 0. The van der Waals surface area contributed by atoms with Gasteiger partial charge in [0.05, 0.1) is 39.0 Å². The first-order valence-electron chi connectivity index (χ1n) is 6.91. The number of aldehydes is 1. The van der Waals surface area contributed by atoms with Crippen LogP contribution in [0.4, 0.5) is 0 Å². The van der Waals surface area contributed by atoms with E-state index in [-0.39, 0.29) is 31.0 Å². The van der Waals surface area contributed by atoms with E-state index in [2.05, 4.69) is 17.9 Å². The number of rotatable bonds is 12. The Morgan fingerprint density at radius 2 is 1.62 bits per heavy atom. The zero-order valence-electron chi connectivity index (χ0n) is 13.2. The third kappa shape index (κ3) is 10.9. The van der Waals surface area contributed by atoms with E-state index >= 15 is 0 Å². The van der Waals surface area contributed by atoms with Crippen LogP contribution in [0.15, 0.2) is 24.3 Å². The van der Waals surface area contributed by atoms with Crippen LogP contribution >= 0.6 is 0 Å². The Morgan fingerprint density at radius 1 is 1.10 bits per heavy atom. The number of esters is 1. The molecule has 0 saturated carbocycles. The minimum atomic E-state index is -0.371. The summed E-state index contributed by atoms with van der Waals surface area (Å²) in [5, 5.41) is 0. The summed E-state index contributed by atoms with van der Waals surface area (Å²) in [5.74, 6) is -0.355. The molecule has 0 amide bonds. The zero-order chi connectivity index (χ0) is 16.3. The molecule has 0 fully saturated rings.